The Balaban J connectivity index is 2.40. The number of hydrogen-bond acceptors (Lipinski definition) is 5. The van der Waals surface area contributed by atoms with E-state index in [1.807, 2.05) is 6.07 Å². The van der Waals surface area contributed by atoms with Crippen LogP contribution in [0.25, 0.3) is 5.69 Å². The van der Waals surface area contributed by atoms with Crippen molar-refractivity contribution in [3.63, 3.8) is 0 Å². The first-order valence-electron chi connectivity index (χ1n) is 5.69. The third kappa shape index (κ3) is 2.76. The average Bonchev–Trinajstić information content (AvgIpc) is 2.85. The molecule has 0 aromatic carbocycles. The molecule has 0 aliphatic heterocycles. The number of rotatable bonds is 5. The summed E-state index contributed by atoms with van der Waals surface area (Å²) in [6.45, 7) is 2.01. The first kappa shape index (κ1) is 12.7. The van der Waals surface area contributed by atoms with Gasteiger partial charge in [-0.3, -0.25) is 10.4 Å². The summed E-state index contributed by atoms with van der Waals surface area (Å²) >= 11 is 0. The van der Waals surface area contributed by atoms with Crippen LogP contribution in [0.15, 0.2) is 30.7 Å². The summed E-state index contributed by atoms with van der Waals surface area (Å²) in [5.74, 6) is -0.209. The molecule has 98 valence electrons. The van der Waals surface area contributed by atoms with Crippen LogP contribution in [0.4, 0.5) is 5.82 Å². The lowest BCUT2D eigenvalue weighted by Crippen LogP contribution is -2.07. The first-order valence-corrected chi connectivity index (χ1v) is 5.69. The molecule has 0 spiro atoms. The maximum absolute atomic E-state index is 11.8. The van der Waals surface area contributed by atoms with E-state index in [0.29, 0.717) is 5.69 Å². The second kappa shape index (κ2) is 5.76. The lowest BCUT2D eigenvalue weighted by molar-refractivity contribution is 0.0527. The number of carbonyl (C=O) groups is 1. The largest absolute Gasteiger partial charge is 0.462 e. The molecule has 2 rings (SSSR count). The van der Waals surface area contributed by atoms with Gasteiger partial charge in [0.05, 0.1) is 24.8 Å². The molecule has 0 aliphatic rings. The van der Waals surface area contributed by atoms with Crippen molar-refractivity contribution in [2.24, 2.45) is 0 Å². The summed E-state index contributed by atoms with van der Waals surface area (Å²) in [7, 11) is 0. The van der Waals surface area contributed by atoms with E-state index < -0.39 is 5.97 Å². The van der Waals surface area contributed by atoms with Crippen LogP contribution in [0.1, 0.15) is 17.3 Å². The number of pyridine rings is 1. The van der Waals surface area contributed by atoms with Crippen LogP contribution < -0.4 is 5.32 Å². The van der Waals surface area contributed by atoms with Crippen molar-refractivity contribution in [1.29, 1.82) is 5.41 Å². The maximum atomic E-state index is 11.8. The van der Waals surface area contributed by atoms with Gasteiger partial charge in [0.2, 0.25) is 0 Å². The summed E-state index contributed by atoms with van der Waals surface area (Å²) < 4.78 is 6.45. The fourth-order valence-electron chi connectivity index (χ4n) is 1.53. The monoisotopic (exact) mass is 259 g/mol. The molecule has 2 aromatic heterocycles. The van der Waals surface area contributed by atoms with Gasteiger partial charge in [0.25, 0.3) is 0 Å². The zero-order valence-electron chi connectivity index (χ0n) is 10.3. The summed E-state index contributed by atoms with van der Waals surface area (Å²) in [6, 6.07) is 3.58. The predicted octanol–water partition coefficient (Wildman–Crippen LogP) is 1.46. The predicted molar refractivity (Wildman–Crippen MR) is 69.7 cm³/mol. The van der Waals surface area contributed by atoms with Gasteiger partial charge in [0, 0.05) is 12.4 Å². The molecule has 2 N–H and O–H groups in total. The molecule has 0 fully saturated rings. The first-order chi connectivity index (χ1) is 9.26. The zero-order chi connectivity index (χ0) is 13.7. The average molecular weight is 259 g/mol. The molecular formula is C12H13N5O2. The fourth-order valence-corrected chi connectivity index (χ4v) is 1.53. The van der Waals surface area contributed by atoms with Gasteiger partial charge in [-0.15, -0.1) is 5.10 Å². The highest BCUT2D eigenvalue weighted by atomic mass is 16.5. The van der Waals surface area contributed by atoms with Crippen molar-refractivity contribution < 1.29 is 9.53 Å². The second-order valence-corrected chi connectivity index (χ2v) is 3.56. The highest BCUT2D eigenvalue weighted by Crippen LogP contribution is 2.17. The van der Waals surface area contributed by atoms with Gasteiger partial charge in [-0.2, -0.15) is 0 Å². The van der Waals surface area contributed by atoms with E-state index in [0.717, 1.165) is 6.34 Å². The van der Waals surface area contributed by atoms with Crippen LogP contribution in [0.3, 0.4) is 0 Å². The highest BCUT2D eigenvalue weighted by Gasteiger charge is 2.17. The quantitative estimate of drug-likeness (QED) is 0.481. The van der Waals surface area contributed by atoms with E-state index in [-0.39, 0.29) is 18.0 Å². The molecule has 0 saturated carbocycles. The maximum Gasteiger partial charge on any atom is 0.343 e. The van der Waals surface area contributed by atoms with Crippen molar-refractivity contribution >= 4 is 18.1 Å². The fraction of sp³-hybridized carbons (Fsp3) is 0.167. The van der Waals surface area contributed by atoms with Crippen molar-refractivity contribution in [2.75, 3.05) is 11.9 Å². The number of hydrogen-bond donors (Lipinski definition) is 2. The highest BCUT2D eigenvalue weighted by molar-refractivity contribution is 5.96. The van der Waals surface area contributed by atoms with E-state index >= 15 is 0 Å². The molecule has 0 atom stereocenters. The Labute approximate surface area is 109 Å². The van der Waals surface area contributed by atoms with Gasteiger partial charge >= 0.3 is 5.97 Å². The zero-order valence-corrected chi connectivity index (χ0v) is 10.3. The van der Waals surface area contributed by atoms with Crippen LogP contribution in [0.5, 0.6) is 0 Å². The Bertz CT molecular complexity index is 579. The molecular weight excluding hydrogens is 246 g/mol. The van der Waals surface area contributed by atoms with Crippen molar-refractivity contribution in [2.45, 2.75) is 6.92 Å². The lowest BCUT2D eigenvalue weighted by atomic mass is 10.3. The van der Waals surface area contributed by atoms with Gasteiger partial charge in [-0.05, 0) is 19.1 Å². The van der Waals surface area contributed by atoms with Crippen molar-refractivity contribution in [1.82, 2.24) is 14.8 Å². The van der Waals surface area contributed by atoms with Gasteiger partial charge in [-0.25, -0.2) is 9.48 Å². The second-order valence-electron chi connectivity index (χ2n) is 3.56. The number of aromatic nitrogens is 3. The molecule has 19 heavy (non-hydrogen) atoms. The van der Waals surface area contributed by atoms with Gasteiger partial charge in [-0.1, -0.05) is 0 Å². The molecule has 0 saturated heterocycles. The number of nitrogens with one attached hydrogen (secondary N) is 2. The number of nitrogens with zero attached hydrogens (tertiary/aromatic N) is 3. The standard InChI is InChI=1S/C12H13N5O2/c1-2-19-12(18)10-7-17(16-11(10)15-8-13)9-4-3-5-14-6-9/h3-8H,2H2,1H3,(H2,13,15,16). The minimum Gasteiger partial charge on any atom is -0.462 e. The smallest absolute Gasteiger partial charge is 0.343 e. The van der Waals surface area contributed by atoms with E-state index in [1.165, 1.54) is 4.68 Å². The molecule has 0 radical (unpaired) electrons. The van der Waals surface area contributed by atoms with E-state index in [9.17, 15) is 4.79 Å². The van der Waals surface area contributed by atoms with Crippen LogP contribution in [-0.2, 0) is 4.74 Å². The topological polar surface area (TPSA) is 92.9 Å². The van der Waals surface area contributed by atoms with Crippen molar-refractivity contribution in [3.05, 3.63) is 36.3 Å². The Morgan fingerprint density at radius 2 is 2.47 bits per heavy atom. The van der Waals surface area contributed by atoms with E-state index in [1.54, 1.807) is 31.6 Å². The summed E-state index contributed by atoms with van der Waals surface area (Å²) in [5.41, 5.74) is 0.986. The Morgan fingerprint density at radius 1 is 1.63 bits per heavy atom. The minimum atomic E-state index is -0.484. The van der Waals surface area contributed by atoms with Gasteiger partial charge < -0.3 is 10.1 Å². The molecule has 7 nitrogen and oxygen atoms in total. The minimum absolute atomic E-state index is 0.272. The Morgan fingerprint density at radius 3 is 3.11 bits per heavy atom. The van der Waals surface area contributed by atoms with Gasteiger partial charge in [0.15, 0.2) is 5.82 Å². The number of anilines is 1. The molecule has 2 heterocycles. The molecule has 2 aromatic rings. The summed E-state index contributed by atoms with van der Waals surface area (Å²) in [6.07, 6.45) is 5.77. The van der Waals surface area contributed by atoms with E-state index in [2.05, 4.69) is 15.4 Å². The number of esters is 1. The third-order valence-electron chi connectivity index (χ3n) is 2.33. The van der Waals surface area contributed by atoms with Gasteiger partial charge in [0.1, 0.15) is 5.56 Å². The van der Waals surface area contributed by atoms with Crippen LogP contribution in [-0.4, -0.2) is 33.7 Å². The molecule has 7 heteroatoms. The molecule has 0 aliphatic carbocycles. The summed E-state index contributed by atoms with van der Waals surface area (Å²) in [4.78, 5) is 15.8. The van der Waals surface area contributed by atoms with Crippen molar-refractivity contribution in [3.8, 4) is 5.69 Å². The number of ether oxygens (including phenoxy) is 1. The molecule has 0 bridgehead atoms. The Hall–Kier alpha value is -2.70. The number of carbonyl (C=O) groups excluding carboxylic acids is 1. The van der Waals surface area contributed by atoms with Crippen LogP contribution in [0, 0.1) is 5.41 Å². The van der Waals surface area contributed by atoms with Crippen LogP contribution >= 0.6 is 0 Å². The molecule has 0 unspecified atom stereocenters. The normalized spacial score (nSPS) is 9.95. The van der Waals surface area contributed by atoms with Crippen LogP contribution in [0.2, 0.25) is 0 Å². The molecule has 0 amide bonds. The van der Waals surface area contributed by atoms with E-state index in [4.69, 9.17) is 10.1 Å². The Kier molecular flexibility index (Phi) is 3.87. The third-order valence-corrected chi connectivity index (χ3v) is 2.33. The summed E-state index contributed by atoms with van der Waals surface area (Å²) in [5, 5.41) is 13.8. The lowest BCUT2D eigenvalue weighted by Gasteiger charge is -2.00. The SMILES string of the molecule is CCOC(=O)c1cn(-c2cccnc2)nc1NC=N.